The van der Waals surface area contributed by atoms with Crippen molar-refractivity contribution in [1.82, 2.24) is 5.32 Å². The highest BCUT2D eigenvalue weighted by atomic mass is 16.3. The summed E-state index contributed by atoms with van der Waals surface area (Å²) in [5.74, 6) is 0. The largest absolute Gasteiger partial charge is 0.392 e. The molecule has 1 aliphatic rings. The predicted octanol–water partition coefficient (Wildman–Crippen LogP) is 3.00. The number of aryl methyl sites for hydroxylation is 3. The molecule has 2 N–H and O–H groups in total. The molecule has 0 heterocycles. The second kappa shape index (κ2) is 5.85. The number of benzene rings is 1. The first-order valence-electron chi connectivity index (χ1n) is 7.06. The molecule has 0 spiro atoms. The summed E-state index contributed by atoms with van der Waals surface area (Å²) < 4.78 is 0. The monoisotopic (exact) mass is 247 g/mol. The summed E-state index contributed by atoms with van der Waals surface area (Å²) in [6.07, 6.45) is 4.29. The van der Waals surface area contributed by atoms with E-state index in [0.29, 0.717) is 0 Å². The van der Waals surface area contributed by atoms with Crippen molar-refractivity contribution >= 4 is 0 Å². The molecule has 2 rings (SSSR count). The molecule has 1 aliphatic carbocycles. The number of hydrogen-bond donors (Lipinski definition) is 2. The van der Waals surface area contributed by atoms with E-state index in [1.54, 1.807) is 0 Å². The molecule has 100 valence electrons. The van der Waals surface area contributed by atoms with Gasteiger partial charge in [0.05, 0.1) is 6.10 Å². The van der Waals surface area contributed by atoms with Gasteiger partial charge in [-0.2, -0.15) is 0 Å². The van der Waals surface area contributed by atoms with Crippen LogP contribution in [0.3, 0.4) is 0 Å². The van der Waals surface area contributed by atoms with E-state index in [2.05, 4.69) is 38.2 Å². The number of hydrogen-bond acceptors (Lipinski definition) is 2. The maximum Gasteiger partial charge on any atom is 0.0693 e. The van der Waals surface area contributed by atoms with Crippen LogP contribution in [0.4, 0.5) is 0 Å². The topological polar surface area (TPSA) is 32.3 Å². The van der Waals surface area contributed by atoms with Crippen molar-refractivity contribution in [3.8, 4) is 0 Å². The van der Waals surface area contributed by atoms with Gasteiger partial charge in [0.25, 0.3) is 0 Å². The molecular formula is C16H25NO. The molecule has 0 bridgehead atoms. The summed E-state index contributed by atoms with van der Waals surface area (Å²) in [6, 6.07) is 4.75. The predicted molar refractivity (Wildman–Crippen MR) is 75.8 cm³/mol. The fourth-order valence-electron chi connectivity index (χ4n) is 3.07. The molecule has 18 heavy (non-hydrogen) atoms. The Morgan fingerprint density at radius 1 is 1.11 bits per heavy atom. The van der Waals surface area contributed by atoms with E-state index in [1.807, 2.05) is 0 Å². The summed E-state index contributed by atoms with van der Waals surface area (Å²) in [5.41, 5.74) is 5.42. The van der Waals surface area contributed by atoms with Crippen LogP contribution in [-0.4, -0.2) is 17.3 Å². The molecule has 0 saturated heterocycles. The lowest BCUT2D eigenvalue weighted by molar-refractivity contribution is 0.0902. The number of nitrogens with one attached hydrogen (secondary N) is 1. The fraction of sp³-hybridized carbons (Fsp3) is 0.625. The third-order valence-corrected chi connectivity index (χ3v) is 4.11. The molecule has 0 aromatic heterocycles. The second-order valence-electron chi connectivity index (χ2n) is 5.72. The van der Waals surface area contributed by atoms with E-state index in [4.69, 9.17) is 0 Å². The Morgan fingerprint density at radius 2 is 1.72 bits per heavy atom. The van der Waals surface area contributed by atoms with Crippen molar-refractivity contribution in [2.75, 3.05) is 0 Å². The van der Waals surface area contributed by atoms with E-state index in [9.17, 15) is 5.11 Å². The molecule has 0 aliphatic heterocycles. The minimum absolute atomic E-state index is 0.162. The summed E-state index contributed by atoms with van der Waals surface area (Å²) in [4.78, 5) is 0. The molecule has 1 fully saturated rings. The highest BCUT2D eigenvalue weighted by Gasteiger charge is 2.22. The quantitative estimate of drug-likeness (QED) is 0.860. The first-order chi connectivity index (χ1) is 8.58. The molecule has 2 nitrogen and oxygen atoms in total. The van der Waals surface area contributed by atoms with Crippen LogP contribution in [0.5, 0.6) is 0 Å². The second-order valence-corrected chi connectivity index (χ2v) is 5.72. The summed E-state index contributed by atoms with van der Waals surface area (Å²) in [5, 5.41) is 13.5. The zero-order valence-corrected chi connectivity index (χ0v) is 11.8. The van der Waals surface area contributed by atoms with Crippen LogP contribution in [-0.2, 0) is 6.54 Å². The lowest BCUT2D eigenvalue weighted by Crippen LogP contribution is -2.41. The molecular weight excluding hydrogens is 222 g/mol. The smallest absolute Gasteiger partial charge is 0.0693 e. The lowest BCUT2D eigenvalue weighted by Gasteiger charge is -2.29. The number of rotatable bonds is 3. The van der Waals surface area contributed by atoms with Gasteiger partial charge >= 0.3 is 0 Å². The Morgan fingerprint density at radius 3 is 2.33 bits per heavy atom. The third kappa shape index (κ3) is 3.12. The van der Waals surface area contributed by atoms with Gasteiger partial charge in [-0.1, -0.05) is 30.5 Å². The first kappa shape index (κ1) is 13.6. The summed E-state index contributed by atoms with van der Waals surface area (Å²) in [6.45, 7) is 7.37. The third-order valence-electron chi connectivity index (χ3n) is 4.11. The van der Waals surface area contributed by atoms with Crippen LogP contribution >= 0.6 is 0 Å². The Bertz CT molecular complexity index is 391. The van der Waals surface area contributed by atoms with Crippen LogP contribution in [0, 0.1) is 20.8 Å². The Labute approximate surface area is 110 Å². The van der Waals surface area contributed by atoms with Gasteiger partial charge in [0.1, 0.15) is 0 Å². The zero-order valence-electron chi connectivity index (χ0n) is 11.8. The van der Waals surface area contributed by atoms with E-state index >= 15 is 0 Å². The normalized spacial score (nSPS) is 24.2. The van der Waals surface area contributed by atoms with Gasteiger partial charge in [-0.15, -0.1) is 0 Å². The lowest BCUT2D eigenvalue weighted by atomic mass is 9.92. The van der Waals surface area contributed by atoms with E-state index in [1.165, 1.54) is 35.1 Å². The minimum atomic E-state index is -0.162. The molecule has 2 heteroatoms. The van der Waals surface area contributed by atoms with Gasteiger partial charge < -0.3 is 10.4 Å². The van der Waals surface area contributed by atoms with E-state index < -0.39 is 0 Å². The molecule has 1 aromatic carbocycles. The Kier molecular flexibility index (Phi) is 4.41. The van der Waals surface area contributed by atoms with E-state index in [-0.39, 0.29) is 12.1 Å². The summed E-state index contributed by atoms with van der Waals surface area (Å²) >= 11 is 0. The van der Waals surface area contributed by atoms with Crippen LogP contribution in [0.15, 0.2) is 12.1 Å². The molecule has 0 unspecified atom stereocenters. The summed E-state index contributed by atoms with van der Waals surface area (Å²) in [7, 11) is 0. The van der Waals surface area contributed by atoms with Gasteiger partial charge in [0.2, 0.25) is 0 Å². The number of aliphatic hydroxyl groups is 1. The number of aliphatic hydroxyl groups excluding tert-OH is 1. The minimum Gasteiger partial charge on any atom is -0.392 e. The van der Waals surface area contributed by atoms with Crippen LogP contribution in [0.25, 0.3) is 0 Å². The molecule has 2 atom stereocenters. The van der Waals surface area contributed by atoms with Gasteiger partial charge in [0.15, 0.2) is 0 Å². The van der Waals surface area contributed by atoms with Crippen molar-refractivity contribution in [2.45, 2.75) is 65.1 Å². The zero-order chi connectivity index (χ0) is 13.1. The van der Waals surface area contributed by atoms with Crippen molar-refractivity contribution in [3.63, 3.8) is 0 Å². The molecule has 0 amide bonds. The Balaban J connectivity index is 2.01. The van der Waals surface area contributed by atoms with Crippen molar-refractivity contribution in [1.29, 1.82) is 0 Å². The van der Waals surface area contributed by atoms with Crippen molar-refractivity contribution in [2.24, 2.45) is 0 Å². The fourth-order valence-corrected chi connectivity index (χ4v) is 3.07. The average Bonchev–Trinajstić information content (AvgIpc) is 2.30. The molecule has 1 saturated carbocycles. The van der Waals surface area contributed by atoms with Crippen LogP contribution in [0.2, 0.25) is 0 Å². The Hall–Kier alpha value is -0.860. The van der Waals surface area contributed by atoms with Gasteiger partial charge in [-0.3, -0.25) is 0 Å². The molecule has 1 aromatic rings. The van der Waals surface area contributed by atoms with Crippen molar-refractivity contribution in [3.05, 3.63) is 34.4 Å². The maximum absolute atomic E-state index is 9.97. The van der Waals surface area contributed by atoms with Crippen LogP contribution < -0.4 is 5.32 Å². The highest BCUT2D eigenvalue weighted by Crippen LogP contribution is 2.20. The van der Waals surface area contributed by atoms with E-state index in [0.717, 1.165) is 19.4 Å². The molecule has 0 radical (unpaired) electrons. The standard InChI is InChI=1S/C16H25NO/c1-11-8-12(2)14(13(3)9-11)10-17-15-6-4-5-7-16(15)18/h8-9,15-18H,4-7,10H2,1-3H3/t15-,16-/m0/s1. The van der Waals surface area contributed by atoms with Gasteiger partial charge in [0, 0.05) is 12.6 Å². The highest BCUT2D eigenvalue weighted by molar-refractivity contribution is 5.37. The van der Waals surface area contributed by atoms with Gasteiger partial charge in [-0.25, -0.2) is 0 Å². The SMILES string of the molecule is Cc1cc(C)c(CN[C@H]2CCCC[C@@H]2O)c(C)c1. The van der Waals surface area contributed by atoms with Crippen LogP contribution in [0.1, 0.15) is 47.9 Å². The average molecular weight is 247 g/mol. The first-order valence-corrected chi connectivity index (χ1v) is 7.06. The van der Waals surface area contributed by atoms with Crippen molar-refractivity contribution < 1.29 is 5.11 Å². The van der Waals surface area contributed by atoms with Gasteiger partial charge in [-0.05, 0) is 50.3 Å². The maximum atomic E-state index is 9.97.